The van der Waals surface area contributed by atoms with E-state index in [2.05, 4.69) is 21.2 Å². The molecule has 2 rings (SSSR count). The summed E-state index contributed by atoms with van der Waals surface area (Å²) in [7, 11) is -3.51. The maximum absolute atomic E-state index is 12.7. The third kappa shape index (κ3) is 4.78. The zero-order chi connectivity index (χ0) is 17.7. The lowest BCUT2D eigenvalue weighted by Crippen LogP contribution is -2.51. The molecule has 1 saturated heterocycles. The Labute approximate surface area is 152 Å². The van der Waals surface area contributed by atoms with Crippen molar-refractivity contribution in [2.24, 2.45) is 0 Å². The van der Waals surface area contributed by atoms with Crippen LogP contribution < -0.4 is 5.32 Å². The largest absolute Gasteiger partial charge is 0.353 e. The van der Waals surface area contributed by atoms with Gasteiger partial charge in [-0.1, -0.05) is 19.1 Å². The zero-order valence-electron chi connectivity index (χ0n) is 14.0. The Kier molecular flexibility index (Phi) is 6.79. The van der Waals surface area contributed by atoms with Gasteiger partial charge < -0.3 is 5.32 Å². The number of amides is 1. The number of carbonyl (C=O) groups is 1. The minimum absolute atomic E-state index is 0.00791. The van der Waals surface area contributed by atoms with Crippen molar-refractivity contribution in [3.8, 4) is 0 Å². The summed E-state index contributed by atoms with van der Waals surface area (Å²) in [4.78, 5) is 14.2. The van der Waals surface area contributed by atoms with Gasteiger partial charge in [0.15, 0.2) is 0 Å². The summed E-state index contributed by atoms with van der Waals surface area (Å²) in [5, 5.41) is 2.93. The number of nitrogens with zero attached hydrogens (tertiary/aromatic N) is 2. The fourth-order valence-corrected chi connectivity index (χ4v) is 4.93. The second-order valence-electron chi connectivity index (χ2n) is 5.99. The van der Waals surface area contributed by atoms with Gasteiger partial charge in [0.2, 0.25) is 15.9 Å². The molecular formula is C16H24BrN3O3S. The van der Waals surface area contributed by atoms with Crippen molar-refractivity contribution in [1.82, 2.24) is 14.5 Å². The van der Waals surface area contributed by atoms with Crippen LogP contribution in [0.4, 0.5) is 0 Å². The molecule has 1 N–H and O–H groups in total. The van der Waals surface area contributed by atoms with Crippen molar-refractivity contribution >= 4 is 31.9 Å². The first kappa shape index (κ1) is 19.4. The summed E-state index contributed by atoms with van der Waals surface area (Å²) in [5.74, 6) is -0.00791. The molecule has 1 fully saturated rings. The number of piperazine rings is 1. The van der Waals surface area contributed by atoms with E-state index in [1.165, 1.54) is 4.31 Å². The molecule has 0 radical (unpaired) electrons. The summed E-state index contributed by atoms with van der Waals surface area (Å²) in [6.45, 7) is 6.19. The van der Waals surface area contributed by atoms with E-state index >= 15 is 0 Å². The monoisotopic (exact) mass is 417 g/mol. The second-order valence-corrected chi connectivity index (χ2v) is 8.75. The van der Waals surface area contributed by atoms with E-state index in [4.69, 9.17) is 0 Å². The Balaban J connectivity index is 1.93. The smallest absolute Gasteiger partial charge is 0.244 e. The van der Waals surface area contributed by atoms with Crippen molar-refractivity contribution in [2.45, 2.75) is 31.2 Å². The van der Waals surface area contributed by atoms with Gasteiger partial charge in [0, 0.05) is 36.7 Å². The topological polar surface area (TPSA) is 69.7 Å². The minimum atomic E-state index is -3.51. The normalized spacial score (nSPS) is 18.3. The standard InChI is InChI=1S/C16H24BrN3O3S/c1-3-13(2)18-16(21)12-19-8-10-20(11-9-19)24(22,23)15-7-5-4-6-14(15)17/h4-7,13H,3,8-12H2,1-2H3,(H,18,21)/t13-/m1/s1. The van der Waals surface area contributed by atoms with Crippen LogP contribution in [-0.2, 0) is 14.8 Å². The van der Waals surface area contributed by atoms with E-state index in [1.807, 2.05) is 18.7 Å². The SMILES string of the molecule is CC[C@@H](C)NC(=O)CN1CCN(S(=O)(=O)c2ccccc2Br)CC1. The van der Waals surface area contributed by atoms with E-state index in [9.17, 15) is 13.2 Å². The van der Waals surface area contributed by atoms with Crippen molar-refractivity contribution in [2.75, 3.05) is 32.7 Å². The Morgan fingerprint density at radius 2 is 1.88 bits per heavy atom. The molecule has 0 aliphatic carbocycles. The van der Waals surface area contributed by atoms with Crippen LogP contribution in [0.15, 0.2) is 33.6 Å². The average molecular weight is 418 g/mol. The number of halogens is 1. The van der Waals surface area contributed by atoms with Gasteiger partial charge >= 0.3 is 0 Å². The lowest BCUT2D eigenvalue weighted by molar-refractivity contribution is -0.123. The Bertz CT molecular complexity index is 673. The number of nitrogens with one attached hydrogen (secondary N) is 1. The average Bonchev–Trinajstić information content (AvgIpc) is 2.55. The Hall–Kier alpha value is -0.960. The Morgan fingerprint density at radius 3 is 2.46 bits per heavy atom. The van der Waals surface area contributed by atoms with Gasteiger partial charge in [-0.15, -0.1) is 0 Å². The molecule has 1 amide bonds. The third-order valence-corrected chi connectivity index (χ3v) is 7.08. The fraction of sp³-hybridized carbons (Fsp3) is 0.562. The van der Waals surface area contributed by atoms with Gasteiger partial charge in [-0.3, -0.25) is 9.69 Å². The molecule has 0 unspecified atom stereocenters. The molecule has 0 spiro atoms. The fourth-order valence-electron chi connectivity index (χ4n) is 2.55. The van der Waals surface area contributed by atoms with Crippen molar-refractivity contribution in [3.05, 3.63) is 28.7 Å². The Morgan fingerprint density at radius 1 is 1.25 bits per heavy atom. The van der Waals surface area contributed by atoms with Gasteiger partial charge in [0.1, 0.15) is 0 Å². The van der Waals surface area contributed by atoms with Gasteiger partial charge in [-0.25, -0.2) is 8.42 Å². The summed E-state index contributed by atoms with van der Waals surface area (Å²) in [6.07, 6.45) is 0.893. The number of carbonyl (C=O) groups excluding carboxylic acids is 1. The van der Waals surface area contributed by atoms with Crippen LogP contribution in [0, 0.1) is 0 Å². The minimum Gasteiger partial charge on any atom is -0.353 e. The lowest BCUT2D eigenvalue weighted by Gasteiger charge is -2.33. The highest BCUT2D eigenvalue weighted by Gasteiger charge is 2.30. The van der Waals surface area contributed by atoms with Gasteiger partial charge in [-0.05, 0) is 41.4 Å². The summed E-state index contributed by atoms with van der Waals surface area (Å²) in [5.41, 5.74) is 0. The molecule has 1 aliphatic rings. The van der Waals surface area contributed by atoms with Crippen LogP contribution in [-0.4, -0.2) is 62.3 Å². The van der Waals surface area contributed by atoms with Crippen LogP contribution in [0.5, 0.6) is 0 Å². The summed E-state index contributed by atoms with van der Waals surface area (Å²) >= 11 is 3.30. The molecule has 1 aromatic rings. The van der Waals surface area contributed by atoms with Crippen LogP contribution in [0.1, 0.15) is 20.3 Å². The number of rotatable bonds is 6. The van der Waals surface area contributed by atoms with Crippen molar-refractivity contribution in [3.63, 3.8) is 0 Å². The van der Waals surface area contributed by atoms with E-state index in [1.54, 1.807) is 24.3 Å². The van der Waals surface area contributed by atoms with Crippen LogP contribution in [0.25, 0.3) is 0 Å². The first-order valence-corrected chi connectivity index (χ1v) is 10.3. The molecule has 8 heteroatoms. The second kappa shape index (κ2) is 8.42. The van der Waals surface area contributed by atoms with E-state index in [0.29, 0.717) is 37.2 Å². The molecule has 1 aromatic carbocycles. The maximum atomic E-state index is 12.7. The summed E-state index contributed by atoms with van der Waals surface area (Å²) in [6, 6.07) is 6.99. The lowest BCUT2D eigenvalue weighted by atomic mass is 10.2. The van der Waals surface area contributed by atoms with Crippen LogP contribution in [0.2, 0.25) is 0 Å². The number of hydrogen-bond acceptors (Lipinski definition) is 4. The van der Waals surface area contributed by atoms with E-state index < -0.39 is 10.0 Å². The number of sulfonamides is 1. The predicted octanol–water partition coefficient (Wildman–Crippen LogP) is 1.67. The molecular weight excluding hydrogens is 394 g/mol. The molecule has 6 nitrogen and oxygen atoms in total. The molecule has 0 bridgehead atoms. The van der Waals surface area contributed by atoms with E-state index in [-0.39, 0.29) is 16.8 Å². The van der Waals surface area contributed by atoms with Crippen molar-refractivity contribution < 1.29 is 13.2 Å². The first-order chi connectivity index (χ1) is 11.3. The van der Waals surface area contributed by atoms with Crippen LogP contribution in [0.3, 0.4) is 0 Å². The van der Waals surface area contributed by atoms with Gasteiger partial charge in [0.05, 0.1) is 11.4 Å². The third-order valence-electron chi connectivity index (χ3n) is 4.17. The first-order valence-electron chi connectivity index (χ1n) is 8.11. The van der Waals surface area contributed by atoms with Crippen molar-refractivity contribution in [1.29, 1.82) is 0 Å². The molecule has 24 heavy (non-hydrogen) atoms. The molecule has 1 aliphatic heterocycles. The van der Waals surface area contributed by atoms with Crippen LogP contribution >= 0.6 is 15.9 Å². The highest BCUT2D eigenvalue weighted by molar-refractivity contribution is 9.10. The summed E-state index contributed by atoms with van der Waals surface area (Å²) < 4.78 is 27.5. The maximum Gasteiger partial charge on any atom is 0.244 e. The number of benzene rings is 1. The molecule has 1 heterocycles. The zero-order valence-corrected chi connectivity index (χ0v) is 16.4. The molecule has 0 aromatic heterocycles. The molecule has 134 valence electrons. The molecule has 0 saturated carbocycles. The number of hydrogen-bond donors (Lipinski definition) is 1. The highest BCUT2D eigenvalue weighted by Crippen LogP contribution is 2.25. The van der Waals surface area contributed by atoms with Gasteiger partial charge in [-0.2, -0.15) is 4.31 Å². The van der Waals surface area contributed by atoms with Gasteiger partial charge in [0.25, 0.3) is 0 Å². The van der Waals surface area contributed by atoms with E-state index in [0.717, 1.165) is 6.42 Å². The molecule has 1 atom stereocenters. The highest BCUT2D eigenvalue weighted by atomic mass is 79.9. The predicted molar refractivity (Wildman–Crippen MR) is 97.2 cm³/mol. The quantitative estimate of drug-likeness (QED) is 0.763.